The van der Waals surface area contributed by atoms with Gasteiger partial charge in [-0.05, 0) is 42.3 Å². The Labute approximate surface area is 172 Å². The number of nitrogens with zero attached hydrogens (tertiary/aromatic N) is 1. The van der Waals surface area contributed by atoms with Gasteiger partial charge in [-0.15, -0.1) is 11.3 Å². The Kier molecular flexibility index (Phi) is 4.56. The van der Waals surface area contributed by atoms with Gasteiger partial charge >= 0.3 is 0 Å². The van der Waals surface area contributed by atoms with E-state index in [9.17, 15) is 9.59 Å². The van der Waals surface area contributed by atoms with Crippen molar-refractivity contribution in [3.63, 3.8) is 0 Å². The van der Waals surface area contributed by atoms with Gasteiger partial charge in [-0.1, -0.05) is 24.3 Å². The second-order valence-corrected chi connectivity index (χ2v) is 8.38. The first-order valence-corrected chi connectivity index (χ1v) is 10.5. The van der Waals surface area contributed by atoms with Crippen molar-refractivity contribution in [1.29, 1.82) is 0 Å². The minimum atomic E-state index is -0.128. The van der Waals surface area contributed by atoms with Gasteiger partial charge in [0.05, 0.1) is 4.88 Å². The third-order valence-corrected chi connectivity index (χ3v) is 6.49. The van der Waals surface area contributed by atoms with E-state index in [1.807, 2.05) is 59.5 Å². The average molecular weight is 404 g/mol. The number of carbonyl (C=O) groups excluding carboxylic acids is 2. The zero-order chi connectivity index (χ0) is 19.8. The summed E-state index contributed by atoms with van der Waals surface area (Å²) in [7, 11) is 0. The molecule has 2 aromatic carbocycles. The number of anilines is 1. The highest BCUT2D eigenvalue weighted by Gasteiger charge is 2.23. The van der Waals surface area contributed by atoms with Crippen LogP contribution in [0.3, 0.4) is 0 Å². The van der Waals surface area contributed by atoms with Gasteiger partial charge in [0.1, 0.15) is 12.4 Å². The van der Waals surface area contributed by atoms with Gasteiger partial charge in [0, 0.05) is 41.2 Å². The summed E-state index contributed by atoms with van der Waals surface area (Å²) in [6, 6.07) is 17.5. The first kappa shape index (κ1) is 17.9. The van der Waals surface area contributed by atoms with Crippen LogP contribution in [0.5, 0.6) is 5.75 Å². The number of carbonyl (C=O) groups is 2. The monoisotopic (exact) mass is 404 g/mol. The highest BCUT2D eigenvalue weighted by molar-refractivity contribution is 7.17. The van der Waals surface area contributed by atoms with E-state index >= 15 is 0 Å². The van der Waals surface area contributed by atoms with Gasteiger partial charge in [0.25, 0.3) is 5.91 Å². The van der Waals surface area contributed by atoms with Crippen molar-refractivity contribution >= 4 is 28.8 Å². The first-order valence-electron chi connectivity index (χ1n) is 9.70. The molecule has 3 aromatic rings. The lowest BCUT2D eigenvalue weighted by Crippen LogP contribution is -2.23. The number of para-hydroxylation sites is 1. The van der Waals surface area contributed by atoms with Crippen LogP contribution in [0.25, 0.3) is 10.4 Å². The van der Waals surface area contributed by atoms with E-state index in [1.165, 1.54) is 11.3 Å². The molecule has 2 aliphatic heterocycles. The Morgan fingerprint density at radius 2 is 2.03 bits per heavy atom. The summed E-state index contributed by atoms with van der Waals surface area (Å²) in [6.45, 7) is 1.87. The largest absolute Gasteiger partial charge is 0.488 e. The predicted octanol–water partition coefficient (Wildman–Crippen LogP) is 4.68. The Balaban J connectivity index is 1.33. The summed E-state index contributed by atoms with van der Waals surface area (Å²) in [4.78, 5) is 28.3. The summed E-state index contributed by atoms with van der Waals surface area (Å²) >= 11 is 1.49. The summed E-state index contributed by atoms with van der Waals surface area (Å²) in [5.74, 6) is 0.931. The van der Waals surface area contributed by atoms with E-state index in [4.69, 9.17) is 4.74 Å². The van der Waals surface area contributed by atoms with Crippen molar-refractivity contribution in [2.75, 3.05) is 11.9 Å². The number of hydrogen-bond donors (Lipinski definition) is 1. The topological polar surface area (TPSA) is 58.6 Å². The van der Waals surface area contributed by atoms with Gasteiger partial charge in [-0.3, -0.25) is 9.59 Å². The van der Waals surface area contributed by atoms with E-state index in [-0.39, 0.29) is 11.8 Å². The molecule has 0 aliphatic carbocycles. The third kappa shape index (κ3) is 3.51. The summed E-state index contributed by atoms with van der Waals surface area (Å²) in [6.07, 6.45) is 1.55. The minimum Gasteiger partial charge on any atom is -0.488 e. The smallest absolute Gasteiger partial charge is 0.265 e. The molecule has 29 heavy (non-hydrogen) atoms. The molecule has 0 unspecified atom stereocenters. The van der Waals surface area contributed by atoms with Crippen molar-refractivity contribution in [1.82, 2.24) is 4.90 Å². The zero-order valence-electron chi connectivity index (χ0n) is 15.8. The van der Waals surface area contributed by atoms with Crippen LogP contribution in [0.4, 0.5) is 5.69 Å². The molecule has 5 nitrogen and oxygen atoms in total. The van der Waals surface area contributed by atoms with Crippen LogP contribution >= 0.6 is 11.3 Å². The number of hydrogen-bond acceptors (Lipinski definition) is 4. The van der Waals surface area contributed by atoms with Crippen molar-refractivity contribution in [2.45, 2.75) is 26.0 Å². The van der Waals surface area contributed by atoms with Gasteiger partial charge in [-0.2, -0.15) is 0 Å². The van der Waals surface area contributed by atoms with E-state index in [0.29, 0.717) is 24.4 Å². The van der Waals surface area contributed by atoms with Crippen LogP contribution < -0.4 is 10.1 Å². The van der Waals surface area contributed by atoms with E-state index in [0.717, 1.165) is 46.0 Å². The number of amides is 2. The molecule has 5 rings (SSSR count). The standard InChI is InChI=1S/C23H20N2O3S/c26-21-9-4-10-25(21)13-15-5-3-6-17(11-15)24-23(27)20-12-16-14-28-19-8-2-1-7-18(19)22(16)29-20/h1-3,5-8,11-12H,4,9-10,13-14H2,(H,24,27). The molecule has 0 radical (unpaired) electrons. The molecule has 0 saturated carbocycles. The van der Waals surface area contributed by atoms with Gasteiger partial charge < -0.3 is 15.0 Å². The fourth-order valence-corrected chi connectivity index (χ4v) is 4.94. The zero-order valence-corrected chi connectivity index (χ0v) is 16.6. The SMILES string of the molecule is O=C(Nc1cccc(CN2CCCC2=O)c1)c1cc2c(s1)-c1ccccc1OC2. The van der Waals surface area contributed by atoms with Crippen LogP contribution in [0.15, 0.2) is 54.6 Å². The van der Waals surface area contributed by atoms with Crippen molar-refractivity contribution in [3.05, 3.63) is 70.6 Å². The van der Waals surface area contributed by atoms with Crippen molar-refractivity contribution in [2.24, 2.45) is 0 Å². The molecule has 1 N–H and O–H groups in total. The lowest BCUT2D eigenvalue weighted by Gasteiger charge is -2.16. The van der Waals surface area contributed by atoms with E-state index in [2.05, 4.69) is 5.32 Å². The molecule has 2 aliphatic rings. The van der Waals surface area contributed by atoms with Crippen molar-refractivity contribution < 1.29 is 14.3 Å². The molecule has 2 amide bonds. The second kappa shape index (κ2) is 7.37. The van der Waals surface area contributed by atoms with Gasteiger partial charge in [0.2, 0.25) is 5.91 Å². The number of fused-ring (bicyclic) bond motifs is 3. The maximum Gasteiger partial charge on any atom is 0.265 e. The predicted molar refractivity (Wildman–Crippen MR) is 113 cm³/mol. The molecule has 3 heterocycles. The molecule has 1 saturated heterocycles. The molecule has 0 spiro atoms. The Morgan fingerprint density at radius 3 is 2.90 bits per heavy atom. The Bertz CT molecular complexity index is 1110. The average Bonchev–Trinajstić information content (AvgIpc) is 3.35. The van der Waals surface area contributed by atoms with Crippen LogP contribution in [-0.2, 0) is 17.9 Å². The highest BCUT2D eigenvalue weighted by atomic mass is 32.1. The second-order valence-electron chi connectivity index (χ2n) is 7.32. The molecule has 146 valence electrons. The lowest BCUT2D eigenvalue weighted by molar-refractivity contribution is -0.128. The van der Waals surface area contributed by atoms with Crippen molar-refractivity contribution in [3.8, 4) is 16.2 Å². The highest BCUT2D eigenvalue weighted by Crippen LogP contribution is 2.42. The number of likely N-dealkylation sites (tertiary alicyclic amines) is 1. The Hall–Kier alpha value is -3.12. The summed E-state index contributed by atoms with van der Waals surface area (Å²) in [5.41, 5.74) is 3.84. The maximum atomic E-state index is 12.8. The Morgan fingerprint density at radius 1 is 1.14 bits per heavy atom. The van der Waals surface area contributed by atoms with Crippen LogP contribution in [-0.4, -0.2) is 23.3 Å². The summed E-state index contributed by atoms with van der Waals surface area (Å²) < 4.78 is 5.79. The third-order valence-electron chi connectivity index (χ3n) is 5.28. The van der Waals surface area contributed by atoms with E-state index in [1.54, 1.807) is 0 Å². The molecule has 0 bridgehead atoms. The van der Waals surface area contributed by atoms with Gasteiger partial charge in [-0.25, -0.2) is 0 Å². The molecular formula is C23H20N2O3S. The number of ether oxygens (including phenoxy) is 1. The first-order chi connectivity index (χ1) is 14.2. The molecular weight excluding hydrogens is 384 g/mol. The normalized spacial score (nSPS) is 14.9. The summed E-state index contributed by atoms with van der Waals surface area (Å²) in [5, 5.41) is 3.00. The molecule has 1 aromatic heterocycles. The minimum absolute atomic E-state index is 0.128. The molecule has 6 heteroatoms. The number of benzene rings is 2. The number of rotatable bonds is 4. The number of nitrogens with one attached hydrogen (secondary N) is 1. The van der Waals surface area contributed by atoms with Gasteiger partial charge in [0.15, 0.2) is 0 Å². The molecule has 1 fully saturated rings. The van der Waals surface area contributed by atoms with E-state index < -0.39 is 0 Å². The molecule has 0 atom stereocenters. The van der Waals surface area contributed by atoms with Crippen LogP contribution in [0.2, 0.25) is 0 Å². The fourth-order valence-electron chi connectivity index (χ4n) is 3.84. The number of thiophene rings is 1. The maximum absolute atomic E-state index is 12.8. The quantitative estimate of drug-likeness (QED) is 0.687. The van der Waals surface area contributed by atoms with Crippen LogP contribution in [0.1, 0.15) is 33.6 Å². The fraction of sp³-hybridized carbons (Fsp3) is 0.217. The van der Waals surface area contributed by atoms with Crippen LogP contribution in [0, 0.1) is 0 Å². The lowest BCUT2D eigenvalue weighted by atomic mass is 10.1.